The molecule has 3 aromatic rings. The second kappa shape index (κ2) is 8.38. The van der Waals surface area contributed by atoms with E-state index in [9.17, 15) is 4.79 Å². The number of amides is 1. The Bertz CT molecular complexity index is 928. The Balaban J connectivity index is 1.56. The average Bonchev–Trinajstić information content (AvgIpc) is 3.25. The van der Waals surface area contributed by atoms with Crippen molar-refractivity contribution in [3.63, 3.8) is 0 Å². The van der Waals surface area contributed by atoms with Gasteiger partial charge in [0, 0.05) is 31.9 Å². The van der Waals surface area contributed by atoms with Crippen LogP contribution in [0.15, 0.2) is 30.3 Å². The first kappa shape index (κ1) is 19.0. The minimum absolute atomic E-state index is 0.0125. The Morgan fingerprint density at radius 1 is 1.25 bits per heavy atom. The zero-order valence-electron chi connectivity index (χ0n) is 16.3. The molecule has 3 heterocycles. The van der Waals surface area contributed by atoms with Crippen LogP contribution in [-0.2, 0) is 16.1 Å². The molecule has 1 aromatic carbocycles. The first-order chi connectivity index (χ1) is 13.6. The van der Waals surface area contributed by atoms with E-state index in [4.69, 9.17) is 9.72 Å². The lowest BCUT2D eigenvalue weighted by atomic mass is 10.3. The lowest BCUT2D eigenvalue weighted by Crippen LogP contribution is -2.44. The molecular weight excluding hydrogens is 374 g/mol. The minimum atomic E-state index is 0.0125. The van der Waals surface area contributed by atoms with Crippen LogP contribution in [0.25, 0.3) is 10.2 Å². The number of morpholine rings is 1. The van der Waals surface area contributed by atoms with E-state index in [1.807, 2.05) is 49.1 Å². The van der Waals surface area contributed by atoms with Crippen LogP contribution in [0.4, 0.5) is 5.13 Å². The average molecular weight is 400 g/mol. The van der Waals surface area contributed by atoms with Crippen molar-refractivity contribution in [2.45, 2.75) is 20.4 Å². The number of hydrogen-bond donors (Lipinski definition) is 0. The van der Waals surface area contributed by atoms with Crippen LogP contribution < -0.4 is 4.90 Å². The van der Waals surface area contributed by atoms with Crippen molar-refractivity contribution in [3.05, 3.63) is 41.7 Å². The van der Waals surface area contributed by atoms with E-state index in [0.29, 0.717) is 6.54 Å². The van der Waals surface area contributed by atoms with Crippen LogP contribution in [0.2, 0.25) is 0 Å². The Morgan fingerprint density at radius 3 is 2.75 bits per heavy atom. The number of aryl methyl sites for hydroxylation is 2. The van der Waals surface area contributed by atoms with Crippen molar-refractivity contribution in [2.75, 3.05) is 44.3 Å². The SMILES string of the molecule is Cc1cc(C)n(CC(=O)N(CCN2CCOCC2)c2nc3ccccc3s2)n1. The molecule has 148 valence electrons. The van der Waals surface area contributed by atoms with Gasteiger partial charge in [-0.1, -0.05) is 23.5 Å². The van der Waals surface area contributed by atoms with Crippen LogP contribution in [0.3, 0.4) is 0 Å². The summed E-state index contributed by atoms with van der Waals surface area (Å²) in [6.45, 7) is 8.86. The van der Waals surface area contributed by atoms with Gasteiger partial charge in [0.2, 0.25) is 0 Å². The predicted octanol–water partition coefficient (Wildman–Crippen LogP) is 2.48. The fourth-order valence-electron chi connectivity index (χ4n) is 3.42. The monoisotopic (exact) mass is 399 g/mol. The molecule has 0 unspecified atom stereocenters. The van der Waals surface area contributed by atoms with Gasteiger partial charge in [-0.05, 0) is 32.0 Å². The number of hydrogen-bond acceptors (Lipinski definition) is 6. The lowest BCUT2D eigenvalue weighted by molar-refractivity contribution is -0.119. The van der Waals surface area contributed by atoms with Gasteiger partial charge in [0.15, 0.2) is 5.13 Å². The van der Waals surface area contributed by atoms with Crippen molar-refractivity contribution >= 4 is 32.6 Å². The number of carbonyl (C=O) groups excluding carboxylic acids is 1. The number of benzene rings is 1. The molecule has 1 fully saturated rings. The van der Waals surface area contributed by atoms with E-state index < -0.39 is 0 Å². The summed E-state index contributed by atoms with van der Waals surface area (Å²) < 4.78 is 8.29. The van der Waals surface area contributed by atoms with Gasteiger partial charge in [-0.15, -0.1) is 0 Å². The van der Waals surface area contributed by atoms with Crippen LogP contribution in [0.1, 0.15) is 11.4 Å². The first-order valence-electron chi connectivity index (χ1n) is 9.57. The molecule has 0 N–H and O–H groups in total. The highest BCUT2D eigenvalue weighted by Crippen LogP contribution is 2.29. The van der Waals surface area contributed by atoms with Crippen LogP contribution in [-0.4, -0.2) is 65.0 Å². The van der Waals surface area contributed by atoms with E-state index in [1.165, 1.54) is 0 Å². The first-order valence-corrected chi connectivity index (χ1v) is 10.4. The Hall–Kier alpha value is -2.29. The summed E-state index contributed by atoms with van der Waals surface area (Å²) >= 11 is 1.56. The van der Waals surface area contributed by atoms with Gasteiger partial charge in [0.25, 0.3) is 5.91 Å². The summed E-state index contributed by atoms with van der Waals surface area (Å²) in [7, 11) is 0. The molecule has 8 heteroatoms. The number of nitrogens with zero attached hydrogens (tertiary/aromatic N) is 5. The molecule has 0 spiro atoms. The number of rotatable bonds is 6. The number of anilines is 1. The number of thiazole rings is 1. The highest BCUT2D eigenvalue weighted by atomic mass is 32.1. The molecule has 0 bridgehead atoms. The maximum absolute atomic E-state index is 13.2. The molecular formula is C20H25N5O2S. The maximum Gasteiger partial charge on any atom is 0.250 e. The summed E-state index contributed by atoms with van der Waals surface area (Å²) in [4.78, 5) is 22.1. The Kier molecular flexibility index (Phi) is 5.70. The molecule has 4 rings (SSSR count). The summed E-state index contributed by atoms with van der Waals surface area (Å²) in [5, 5.41) is 5.20. The molecule has 1 aliphatic rings. The molecule has 1 saturated heterocycles. The van der Waals surface area contributed by atoms with Gasteiger partial charge in [-0.2, -0.15) is 5.10 Å². The zero-order chi connectivity index (χ0) is 19.5. The van der Waals surface area contributed by atoms with E-state index in [2.05, 4.69) is 10.00 Å². The van der Waals surface area contributed by atoms with E-state index >= 15 is 0 Å². The molecule has 7 nitrogen and oxygen atoms in total. The van der Waals surface area contributed by atoms with Gasteiger partial charge in [0.1, 0.15) is 6.54 Å². The molecule has 2 aromatic heterocycles. The van der Waals surface area contributed by atoms with Gasteiger partial charge >= 0.3 is 0 Å². The molecule has 0 atom stereocenters. The van der Waals surface area contributed by atoms with Gasteiger partial charge < -0.3 is 4.74 Å². The fourth-order valence-corrected chi connectivity index (χ4v) is 4.43. The highest BCUT2D eigenvalue weighted by Gasteiger charge is 2.22. The van der Waals surface area contributed by atoms with E-state index in [-0.39, 0.29) is 12.5 Å². The van der Waals surface area contributed by atoms with Crippen molar-refractivity contribution in [1.29, 1.82) is 0 Å². The Morgan fingerprint density at radius 2 is 2.04 bits per heavy atom. The quantitative estimate of drug-likeness (QED) is 0.637. The van der Waals surface area contributed by atoms with Gasteiger partial charge in [-0.3, -0.25) is 19.3 Å². The van der Waals surface area contributed by atoms with Crippen molar-refractivity contribution < 1.29 is 9.53 Å². The third-order valence-corrected chi connectivity index (χ3v) is 6.01. The second-order valence-corrected chi connectivity index (χ2v) is 8.06. The van der Waals surface area contributed by atoms with Crippen LogP contribution in [0.5, 0.6) is 0 Å². The largest absolute Gasteiger partial charge is 0.379 e. The molecule has 1 amide bonds. The van der Waals surface area contributed by atoms with Crippen molar-refractivity contribution in [1.82, 2.24) is 19.7 Å². The molecule has 0 radical (unpaired) electrons. The second-order valence-electron chi connectivity index (χ2n) is 7.05. The topological polar surface area (TPSA) is 63.5 Å². The third-order valence-electron chi connectivity index (χ3n) is 4.95. The van der Waals surface area contributed by atoms with E-state index in [0.717, 1.165) is 59.6 Å². The minimum Gasteiger partial charge on any atom is -0.379 e. The number of carbonyl (C=O) groups is 1. The summed E-state index contributed by atoms with van der Waals surface area (Å²) in [5.41, 5.74) is 2.84. The highest BCUT2D eigenvalue weighted by molar-refractivity contribution is 7.22. The third kappa shape index (κ3) is 4.24. The molecule has 28 heavy (non-hydrogen) atoms. The number of para-hydroxylation sites is 1. The fraction of sp³-hybridized carbons (Fsp3) is 0.450. The summed E-state index contributed by atoms with van der Waals surface area (Å²) in [6.07, 6.45) is 0. The number of fused-ring (bicyclic) bond motifs is 1. The molecule has 0 saturated carbocycles. The summed E-state index contributed by atoms with van der Waals surface area (Å²) in [6, 6.07) is 9.99. The number of aromatic nitrogens is 3. The predicted molar refractivity (Wildman–Crippen MR) is 111 cm³/mol. The van der Waals surface area contributed by atoms with Gasteiger partial charge in [0.05, 0.1) is 29.1 Å². The van der Waals surface area contributed by atoms with Gasteiger partial charge in [-0.25, -0.2) is 4.98 Å². The lowest BCUT2D eigenvalue weighted by Gasteiger charge is -2.29. The zero-order valence-corrected chi connectivity index (χ0v) is 17.1. The Labute approximate surface area is 168 Å². The molecule has 1 aliphatic heterocycles. The normalized spacial score (nSPS) is 15.2. The van der Waals surface area contributed by atoms with E-state index in [1.54, 1.807) is 16.0 Å². The summed E-state index contributed by atoms with van der Waals surface area (Å²) in [5.74, 6) is 0.0125. The molecule has 0 aliphatic carbocycles. The van der Waals surface area contributed by atoms with Crippen molar-refractivity contribution in [3.8, 4) is 0 Å². The smallest absolute Gasteiger partial charge is 0.250 e. The van der Waals surface area contributed by atoms with Crippen molar-refractivity contribution in [2.24, 2.45) is 0 Å². The van der Waals surface area contributed by atoms with Crippen LogP contribution in [0, 0.1) is 13.8 Å². The van der Waals surface area contributed by atoms with Crippen LogP contribution >= 0.6 is 11.3 Å². The number of ether oxygens (including phenoxy) is 1. The maximum atomic E-state index is 13.2. The standard InChI is InChI=1S/C20H25N5O2S/c1-15-13-16(2)25(22-15)14-19(26)24(8-7-23-9-11-27-12-10-23)20-21-17-5-3-4-6-18(17)28-20/h3-6,13H,7-12,14H2,1-2H3.